The zero-order chi connectivity index (χ0) is 20.9. The Morgan fingerprint density at radius 3 is 2.55 bits per heavy atom. The van der Waals surface area contributed by atoms with Crippen LogP contribution in [0.5, 0.6) is 5.75 Å². The lowest BCUT2D eigenvalue weighted by molar-refractivity contribution is -0.125. The van der Waals surface area contributed by atoms with Crippen molar-refractivity contribution < 1.29 is 23.5 Å². The molecule has 0 spiro atoms. The Hall–Kier alpha value is -3.40. The number of carbonyl (C=O) groups excluding carboxylic acids is 2. The molecule has 6 nitrogen and oxygen atoms in total. The number of para-hydroxylation sites is 1. The predicted octanol–water partition coefficient (Wildman–Crippen LogP) is 3.37. The Balaban J connectivity index is 1.57. The fourth-order valence-corrected chi connectivity index (χ4v) is 2.92. The lowest BCUT2D eigenvalue weighted by Crippen LogP contribution is -2.48. The predicted molar refractivity (Wildman–Crippen MR) is 102 cm³/mol. The molecular weight excluding hydrogens is 375 g/mol. The van der Waals surface area contributed by atoms with Crippen molar-refractivity contribution >= 4 is 11.9 Å². The summed E-state index contributed by atoms with van der Waals surface area (Å²) in [6.45, 7) is 1.32. The molecule has 1 fully saturated rings. The van der Waals surface area contributed by atoms with E-state index >= 15 is 0 Å². The molecule has 1 atom stereocenters. The zero-order valence-corrected chi connectivity index (χ0v) is 16.0. The molecule has 1 saturated carbocycles. The van der Waals surface area contributed by atoms with Gasteiger partial charge < -0.3 is 14.8 Å². The van der Waals surface area contributed by atoms with Gasteiger partial charge in [0.15, 0.2) is 6.61 Å². The van der Waals surface area contributed by atoms with E-state index in [9.17, 15) is 19.2 Å². The average molecular weight is 396 g/mol. The number of amides is 1. The second kappa shape index (κ2) is 8.74. The van der Waals surface area contributed by atoms with Crippen molar-refractivity contribution in [3.8, 4) is 11.8 Å². The Bertz CT molecular complexity index is 935. The summed E-state index contributed by atoms with van der Waals surface area (Å²) < 4.78 is 23.8. The monoisotopic (exact) mass is 396 g/mol. The van der Waals surface area contributed by atoms with Crippen molar-refractivity contribution in [2.45, 2.75) is 31.9 Å². The number of esters is 1. The molecule has 0 aliphatic heterocycles. The van der Waals surface area contributed by atoms with E-state index in [0.29, 0.717) is 5.75 Å². The third-order valence-electron chi connectivity index (χ3n) is 4.77. The van der Waals surface area contributed by atoms with Gasteiger partial charge in [0.25, 0.3) is 5.91 Å². The van der Waals surface area contributed by atoms with Crippen molar-refractivity contribution in [3.63, 3.8) is 0 Å². The molecule has 29 heavy (non-hydrogen) atoms. The molecule has 0 unspecified atom stereocenters. The summed E-state index contributed by atoms with van der Waals surface area (Å²) in [5.74, 6) is -1.15. The molecule has 2 aromatic carbocycles. The molecule has 1 amide bonds. The third kappa shape index (κ3) is 5.32. The normalized spacial score (nSPS) is 14.9. The molecule has 1 aliphatic carbocycles. The first-order chi connectivity index (χ1) is 13.9. The van der Waals surface area contributed by atoms with Crippen LogP contribution >= 0.6 is 0 Å². The highest BCUT2D eigenvalue weighted by Gasteiger charge is 2.43. The van der Waals surface area contributed by atoms with Crippen LogP contribution in [0.1, 0.15) is 35.7 Å². The molecule has 0 bridgehead atoms. The molecule has 1 N–H and O–H groups in total. The highest BCUT2D eigenvalue weighted by molar-refractivity contribution is 5.94. The van der Waals surface area contributed by atoms with E-state index in [1.807, 2.05) is 0 Å². The number of benzene rings is 2. The molecule has 0 radical (unpaired) electrons. The Labute approximate surface area is 168 Å². The van der Waals surface area contributed by atoms with Gasteiger partial charge in [-0.3, -0.25) is 4.79 Å². The Morgan fingerprint density at radius 1 is 1.21 bits per heavy atom. The maximum atomic E-state index is 13.0. The van der Waals surface area contributed by atoms with Gasteiger partial charge in [0.05, 0.1) is 6.07 Å². The summed E-state index contributed by atoms with van der Waals surface area (Å²) in [6.07, 6.45) is 1.78. The van der Waals surface area contributed by atoms with Crippen molar-refractivity contribution in [2.75, 3.05) is 6.61 Å². The van der Waals surface area contributed by atoms with Crippen LogP contribution in [0.15, 0.2) is 48.5 Å². The van der Waals surface area contributed by atoms with Crippen LogP contribution in [0, 0.1) is 23.1 Å². The summed E-state index contributed by atoms with van der Waals surface area (Å²) >= 11 is 0. The van der Waals surface area contributed by atoms with Crippen LogP contribution in [0.25, 0.3) is 0 Å². The van der Waals surface area contributed by atoms with Crippen molar-refractivity contribution in [3.05, 3.63) is 65.5 Å². The van der Waals surface area contributed by atoms with Crippen LogP contribution in [-0.4, -0.2) is 24.0 Å². The average Bonchev–Trinajstić information content (AvgIpc) is 3.58. The SMILES string of the molecule is C[C@](C#N)(NC(=O)COC(=O)c1ccccc1OCc1ccc(F)cc1)C1CC1. The van der Waals surface area contributed by atoms with E-state index in [2.05, 4.69) is 11.4 Å². The first-order valence-corrected chi connectivity index (χ1v) is 9.27. The highest BCUT2D eigenvalue weighted by atomic mass is 19.1. The summed E-state index contributed by atoms with van der Waals surface area (Å²) in [4.78, 5) is 24.5. The lowest BCUT2D eigenvalue weighted by Gasteiger charge is -2.22. The zero-order valence-electron chi connectivity index (χ0n) is 16.0. The molecule has 2 aromatic rings. The molecule has 0 aromatic heterocycles. The van der Waals surface area contributed by atoms with Crippen molar-refractivity contribution in [2.24, 2.45) is 5.92 Å². The number of nitriles is 1. The van der Waals surface area contributed by atoms with Gasteiger partial charge >= 0.3 is 5.97 Å². The number of hydrogen-bond donors (Lipinski definition) is 1. The standard InChI is InChI=1S/C22H21FN2O4/c1-22(14-24,16-8-9-16)25-20(26)13-29-21(27)18-4-2-3-5-19(18)28-12-15-6-10-17(23)11-7-15/h2-7,10-11,16H,8-9,12-13H2,1H3,(H,25,26)/t22-/m1/s1. The third-order valence-corrected chi connectivity index (χ3v) is 4.77. The fraction of sp³-hybridized carbons (Fsp3) is 0.318. The summed E-state index contributed by atoms with van der Waals surface area (Å²) in [5, 5.41) is 11.9. The van der Waals surface area contributed by atoms with E-state index < -0.39 is 24.0 Å². The van der Waals surface area contributed by atoms with Gasteiger partial charge in [0.2, 0.25) is 0 Å². The van der Waals surface area contributed by atoms with E-state index in [1.54, 1.807) is 37.3 Å². The molecule has 150 valence electrons. The summed E-state index contributed by atoms with van der Waals surface area (Å²) in [7, 11) is 0. The summed E-state index contributed by atoms with van der Waals surface area (Å²) in [6, 6.07) is 14.5. The number of ether oxygens (including phenoxy) is 2. The molecule has 3 rings (SSSR count). The molecular formula is C22H21FN2O4. The van der Waals surface area contributed by atoms with Gasteiger partial charge in [0.1, 0.15) is 29.3 Å². The van der Waals surface area contributed by atoms with Crippen LogP contribution in [-0.2, 0) is 16.1 Å². The quantitative estimate of drug-likeness (QED) is 0.691. The number of nitrogens with zero attached hydrogens (tertiary/aromatic N) is 1. The van der Waals surface area contributed by atoms with Gasteiger partial charge in [-0.1, -0.05) is 24.3 Å². The minimum atomic E-state index is -0.945. The smallest absolute Gasteiger partial charge is 0.342 e. The number of nitrogens with one attached hydrogen (secondary N) is 1. The minimum Gasteiger partial charge on any atom is -0.488 e. The highest BCUT2D eigenvalue weighted by Crippen LogP contribution is 2.39. The molecule has 7 heteroatoms. The maximum absolute atomic E-state index is 13.0. The van der Waals surface area contributed by atoms with E-state index in [-0.39, 0.29) is 23.9 Å². The lowest BCUT2D eigenvalue weighted by atomic mass is 9.98. The van der Waals surface area contributed by atoms with Gasteiger partial charge in [-0.15, -0.1) is 0 Å². The van der Waals surface area contributed by atoms with Crippen molar-refractivity contribution in [1.29, 1.82) is 5.26 Å². The number of carbonyl (C=O) groups is 2. The van der Waals surface area contributed by atoms with Gasteiger partial charge in [-0.2, -0.15) is 5.26 Å². The Morgan fingerprint density at radius 2 is 1.90 bits per heavy atom. The van der Waals surface area contributed by atoms with Crippen LogP contribution in [0.3, 0.4) is 0 Å². The topological polar surface area (TPSA) is 88.4 Å². The maximum Gasteiger partial charge on any atom is 0.342 e. The van der Waals surface area contributed by atoms with E-state index in [4.69, 9.17) is 9.47 Å². The molecule has 1 aliphatic rings. The fourth-order valence-electron chi connectivity index (χ4n) is 2.92. The molecule has 0 heterocycles. The first kappa shape index (κ1) is 20.3. The van der Waals surface area contributed by atoms with E-state index in [1.165, 1.54) is 18.2 Å². The molecule has 0 saturated heterocycles. The van der Waals surface area contributed by atoms with Crippen molar-refractivity contribution in [1.82, 2.24) is 5.32 Å². The number of hydrogen-bond acceptors (Lipinski definition) is 5. The number of halogens is 1. The van der Waals surface area contributed by atoms with Crippen LogP contribution in [0.4, 0.5) is 4.39 Å². The van der Waals surface area contributed by atoms with Crippen LogP contribution < -0.4 is 10.1 Å². The second-order valence-electron chi connectivity index (χ2n) is 7.12. The van der Waals surface area contributed by atoms with Gasteiger partial charge in [-0.25, -0.2) is 9.18 Å². The van der Waals surface area contributed by atoms with Gasteiger partial charge in [0, 0.05) is 0 Å². The second-order valence-corrected chi connectivity index (χ2v) is 7.12. The first-order valence-electron chi connectivity index (χ1n) is 9.27. The summed E-state index contributed by atoms with van der Waals surface area (Å²) in [5.41, 5.74) is -0.0305. The Kier molecular flexibility index (Phi) is 6.13. The largest absolute Gasteiger partial charge is 0.488 e. The van der Waals surface area contributed by atoms with Crippen LogP contribution in [0.2, 0.25) is 0 Å². The minimum absolute atomic E-state index is 0.132. The van der Waals surface area contributed by atoms with E-state index in [0.717, 1.165) is 18.4 Å². The number of rotatable bonds is 8. The van der Waals surface area contributed by atoms with Gasteiger partial charge in [-0.05, 0) is 55.5 Å².